The van der Waals surface area contributed by atoms with E-state index in [9.17, 15) is 4.79 Å². The monoisotopic (exact) mass is 326 g/mol. The van der Waals surface area contributed by atoms with Crippen molar-refractivity contribution < 1.29 is 9.53 Å². The van der Waals surface area contributed by atoms with Crippen molar-refractivity contribution in [1.29, 1.82) is 0 Å². The van der Waals surface area contributed by atoms with Gasteiger partial charge in [0.1, 0.15) is 5.75 Å². The number of amides is 1. The molecule has 1 aromatic heterocycles. The van der Waals surface area contributed by atoms with E-state index in [1.807, 2.05) is 35.9 Å². The van der Waals surface area contributed by atoms with E-state index >= 15 is 0 Å². The number of rotatable bonds is 4. The van der Waals surface area contributed by atoms with Gasteiger partial charge in [0, 0.05) is 29.1 Å². The third-order valence-electron chi connectivity index (χ3n) is 3.53. The number of carbonyl (C=O) groups is 1. The Morgan fingerprint density at radius 1 is 1.17 bits per heavy atom. The first-order valence-electron chi connectivity index (χ1n) is 7.04. The highest BCUT2D eigenvalue weighted by Gasteiger charge is 2.15. The van der Waals surface area contributed by atoms with Gasteiger partial charge in [-0.25, -0.2) is 0 Å². The predicted octanol–water partition coefficient (Wildman–Crippen LogP) is 4.12. The van der Waals surface area contributed by atoms with Crippen molar-refractivity contribution >= 4 is 34.5 Å². The van der Waals surface area contributed by atoms with E-state index in [2.05, 4.69) is 0 Å². The van der Waals surface area contributed by atoms with E-state index in [0.29, 0.717) is 16.7 Å². The molecule has 0 aliphatic rings. The molecule has 2 aromatic carbocycles. The highest BCUT2D eigenvalue weighted by atomic mass is 35.5. The minimum Gasteiger partial charge on any atom is -0.440 e. The average molecular weight is 327 g/mol. The van der Waals surface area contributed by atoms with Gasteiger partial charge in [-0.1, -0.05) is 29.8 Å². The Bertz CT molecular complexity index is 895. The Kier molecular flexibility index (Phi) is 4.08. The molecular weight excluding hydrogens is 312 g/mol. The molecule has 23 heavy (non-hydrogen) atoms. The highest BCUT2D eigenvalue weighted by molar-refractivity contribution is 6.30. The maximum atomic E-state index is 11.1. The fraction of sp³-hybridized carbons (Fsp3) is 0.0556. The number of primary amides is 1. The molecule has 3 rings (SSSR count). The summed E-state index contributed by atoms with van der Waals surface area (Å²) >= 11 is 5.90. The zero-order chi connectivity index (χ0) is 16.4. The number of para-hydroxylation sites is 1. The molecule has 0 spiro atoms. The van der Waals surface area contributed by atoms with Crippen molar-refractivity contribution in [3.05, 3.63) is 65.2 Å². The fourth-order valence-electron chi connectivity index (χ4n) is 2.46. The maximum Gasteiger partial charge on any atom is 0.241 e. The minimum atomic E-state index is -0.504. The predicted molar refractivity (Wildman–Crippen MR) is 92.7 cm³/mol. The second-order valence-corrected chi connectivity index (χ2v) is 5.52. The summed E-state index contributed by atoms with van der Waals surface area (Å²) in [6, 6.07) is 15.0. The molecule has 0 fully saturated rings. The standard InChI is InChI=1S/C18H15ClN2O2/c1-21-16-5-3-2-4-14(16)15(10-11-17(20)22)18(21)23-13-8-6-12(19)7-9-13/h2-11H,1H3,(H2,20,22)/b11-10-. The van der Waals surface area contributed by atoms with E-state index in [4.69, 9.17) is 22.1 Å². The molecule has 0 aliphatic heterocycles. The molecule has 1 heterocycles. The van der Waals surface area contributed by atoms with Crippen LogP contribution < -0.4 is 10.5 Å². The summed E-state index contributed by atoms with van der Waals surface area (Å²) in [6.45, 7) is 0. The number of aryl methyl sites for hydroxylation is 1. The molecule has 0 aliphatic carbocycles. The number of halogens is 1. The molecule has 3 aromatic rings. The van der Waals surface area contributed by atoms with Crippen LogP contribution in [0.3, 0.4) is 0 Å². The first-order chi connectivity index (χ1) is 11.1. The normalized spacial score (nSPS) is 11.2. The van der Waals surface area contributed by atoms with Crippen molar-refractivity contribution in [3.8, 4) is 11.6 Å². The van der Waals surface area contributed by atoms with Gasteiger partial charge in [0.2, 0.25) is 11.8 Å². The number of ether oxygens (including phenoxy) is 1. The molecule has 0 saturated heterocycles. The molecule has 4 nitrogen and oxygen atoms in total. The van der Waals surface area contributed by atoms with Crippen LogP contribution in [0, 0.1) is 0 Å². The summed E-state index contributed by atoms with van der Waals surface area (Å²) < 4.78 is 7.95. The first-order valence-corrected chi connectivity index (χ1v) is 7.42. The SMILES string of the molecule is Cn1c(Oc2ccc(Cl)cc2)c(/C=C\C(N)=O)c2ccccc21. The molecule has 0 saturated carbocycles. The van der Waals surface area contributed by atoms with Gasteiger partial charge in [-0.05, 0) is 36.4 Å². The zero-order valence-corrected chi connectivity index (χ0v) is 13.2. The lowest BCUT2D eigenvalue weighted by Gasteiger charge is -2.08. The van der Waals surface area contributed by atoms with Gasteiger partial charge < -0.3 is 15.0 Å². The van der Waals surface area contributed by atoms with Crippen LogP contribution in [-0.4, -0.2) is 10.5 Å². The van der Waals surface area contributed by atoms with Crippen LogP contribution in [0.25, 0.3) is 17.0 Å². The maximum absolute atomic E-state index is 11.1. The lowest BCUT2D eigenvalue weighted by Crippen LogP contribution is -2.05. The molecule has 1 amide bonds. The quantitative estimate of drug-likeness (QED) is 0.733. The lowest BCUT2D eigenvalue weighted by atomic mass is 10.1. The van der Waals surface area contributed by atoms with Crippen molar-refractivity contribution in [3.63, 3.8) is 0 Å². The van der Waals surface area contributed by atoms with E-state index in [1.54, 1.807) is 30.3 Å². The zero-order valence-electron chi connectivity index (χ0n) is 12.5. The van der Waals surface area contributed by atoms with E-state index in [1.165, 1.54) is 6.08 Å². The number of carbonyl (C=O) groups excluding carboxylic acids is 1. The van der Waals surface area contributed by atoms with Crippen LogP contribution in [-0.2, 0) is 11.8 Å². The van der Waals surface area contributed by atoms with Crippen molar-refractivity contribution in [2.24, 2.45) is 12.8 Å². The average Bonchev–Trinajstić information content (AvgIpc) is 2.80. The summed E-state index contributed by atoms with van der Waals surface area (Å²) in [5.41, 5.74) is 7.03. The molecule has 5 heteroatoms. The molecule has 0 unspecified atom stereocenters. The Labute approximate surface area is 138 Å². The summed E-state index contributed by atoms with van der Waals surface area (Å²) in [5, 5.41) is 1.62. The Hall–Kier alpha value is -2.72. The van der Waals surface area contributed by atoms with Crippen LogP contribution in [0.15, 0.2) is 54.6 Å². The minimum absolute atomic E-state index is 0.504. The number of aromatic nitrogens is 1. The van der Waals surface area contributed by atoms with Gasteiger partial charge in [0.05, 0.1) is 5.52 Å². The molecule has 0 atom stereocenters. The van der Waals surface area contributed by atoms with Crippen molar-refractivity contribution in [2.45, 2.75) is 0 Å². The van der Waals surface area contributed by atoms with Gasteiger partial charge >= 0.3 is 0 Å². The van der Waals surface area contributed by atoms with Gasteiger partial charge in [0.25, 0.3) is 0 Å². The molecule has 0 bridgehead atoms. The number of hydrogen-bond donors (Lipinski definition) is 1. The fourth-order valence-corrected chi connectivity index (χ4v) is 2.59. The van der Waals surface area contributed by atoms with Gasteiger partial charge in [0.15, 0.2) is 0 Å². The van der Waals surface area contributed by atoms with Crippen LogP contribution >= 0.6 is 11.6 Å². The van der Waals surface area contributed by atoms with E-state index in [-0.39, 0.29) is 0 Å². The summed E-state index contributed by atoms with van der Waals surface area (Å²) in [7, 11) is 1.91. The van der Waals surface area contributed by atoms with Crippen LogP contribution in [0.5, 0.6) is 11.6 Å². The van der Waals surface area contributed by atoms with Crippen LogP contribution in [0.1, 0.15) is 5.56 Å². The number of benzene rings is 2. The third kappa shape index (κ3) is 3.07. The molecule has 2 N–H and O–H groups in total. The number of nitrogens with zero attached hydrogens (tertiary/aromatic N) is 1. The molecular formula is C18H15ClN2O2. The Morgan fingerprint density at radius 3 is 2.57 bits per heavy atom. The first kappa shape index (κ1) is 15.2. The Balaban J connectivity index is 2.13. The van der Waals surface area contributed by atoms with Crippen LogP contribution in [0.2, 0.25) is 5.02 Å². The largest absolute Gasteiger partial charge is 0.440 e. The highest BCUT2D eigenvalue weighted by Crippen LogP contribution is 2.35. The number of hydrogen-bond acceptors (Lipinski definition) is 2. The van der Waals surface area contributed by atoms with E-state index in [0.717, 1.165) is 16.5 Å². The van der Waals surface area contributed by atoms with Gasteiger partial charge in [-0.2, -0.15) is 0 Å². The Morgan fingerprint density at radius 2 is 1.87 bits per heavy atom. The number of nitrogens with two attached hydrogens (primary N) is 1. The summed E-state index contributed by atoms with van der Waals surface area (Å²) in [6.07, 6.45) is 3.01. The van der Waals surface area contributed by atoms with E-state index < -0.39 is 5.91 Å². The third-order valence-corrected chi connectivity index (χ3v) is 3.79. The molecule has 0 radical (unpaired) electrons. The second-order valence-electron chi connectivity index (χ2n) is 5.09. The smallest absolute Gasteiger partial charge is 0.241 e. The van der Waals surface area contributed by atoms with Crippen molar-refractivity contribution in [1.82, 2.24) is 4.57 Å². The van der Waals surface area contributed by atoms with Gasteiger partial charge in [-0.3, -0.25) is 4.79 Å². The van der Waals surface area contributed by atoms with Crippen LogP contribution in [0.4, 0.5) is 0 Å². The lowest BCUT2D eigenvalue weighted by molar-refractivity contribution is -0.113. The topological polar surface area (TPSA) is 57.2 Å². The summed E-state index contributed by atoms with van der Waals surface area (Å²) in [4.78, 5) is 11.1. The number of fused-ring (bicyclic) bond motifs is 1. The van der Waals surface area contributed by atoms with Gasteiger partial charge in [-0.15, -0.1) is 0 Å². The second kappa shape index (κ2) is 6.18. The summed E-state index contributed by atoms with van der Waals surface area (Å²) in [5.74, 6) is 0.787. The van der Waals surface area contributed by atoms with Crippen molar-refractivity contribution in [2.75, 3.05) is 0 Å². The molecule has 116 valence electrons.